The Hall–Kier alpha value is -1.55. The molecule has 0 heterocycles. The molecule has 0 fully saturated rings. The first-order chi connectivity index (χ1) is 6.15. The van der Waals surface area contributed by atoms with E-state index in [0.717, 1.165) is 11.1 Å². The highest BCUT2D eigenvalue weighted by atomic mass is 14.2. The van der Waals surface area contributed by atoms with Gasteiger partial charge in [0.2, 0.25) is 0 Å². The molecule has 12 heavy (non-hydrogen) atoms. The summed E-state index contributed by atoms with van der Waals surface area (Å²) in [4.78, 5) is 0. The summed E-state index contributed by atoms with van der Waals surface area (Å²) < 4.78 is 7.38. The van der Waals surface area contributed by atoms with Gasteiger partial charge in [-0.25, -0.2) is 0 Å². The molecule has 1 aromatic rings. The van der Waals surface area contributed by atoms with Crippen LogP contribution in [0.15, 0.2) is 30.3 Å². The van der Waals surface area contributed by atoms with Crippen molar-refractivity contribution in [3.8, 4) is 6.07 Å². The molecule has 0 atom stereocenters. The van der Waals surface area contributed by atoms with E-state index in [1.807, 2.05) is 37.3 Å². The van der Waals surface area contributed by atoms with Gasteiger partial charge in [-0.05, 0) is 19.4 Å². The molecule has 0 aromatic heterocycles. The maximum absolute atomic E-state index is 8.79. The van der Waals surface area contributed by atoms with Gasteiger partial charge >= 0.3 is 0 Å². The summed E-state index contributed by atoms with van der Waals surface area (Å²) >= 11 is 0. The maximum atomic E-state index is 8.79. The number of hydrogen-bond donors (Lipinski definition) is 0. The van der Waals surface area contributed by atoms with Crippen LogP contribution < -0.4 is 0 Å². The van der Waals surface area contributed by atoms with Crippen molar-refractivity contribution in [1.82, 2.24) is 0 Å². The van der Waals surface area contributed by atoms with Crippen molar-refractivity contribution in [2.75, 3.05) is 0 Å². The van der Waals surface area contributed by atoms with Crippen LogP contribution in [0.4, 0.5) is 0 Å². The van der Waals surface area contributed by atoms with Crippen LogP contribution >= 0.6 is 0 Å². The van der Waals surface area contributed by atoms with Gasteiger partial charge in [0.1, 0.15) is 0 Å². The Morgan fingerprint density at radius 1 is 1.50 bits per heavy atom. The van der Waals surface area contributed by atoms with Crippen LogP contribution in [0.1, 0.15) is 19.4 Å². The van der Waals surface area contributed by atoms with Crippen molar-refractivity contribution in [3.05, 3.63) is 41.4 Å². The van der Waals surface area contributed by atoms with E-state index in [2.05, 4.69) is 0 Å². The van der Waals surface area contributed by atoms with E-state index in [1.54, 1.807) is 6.92 Å². The number of allylic oxidation sites excluding steroid dienone is 2. The van der Waals surface area contributed by atoms with Gasteiger partial charge in [-0.2, -0.15) is 5.26 Å². The Morgan fingerprint density at radius 2 is 2.08 bits per heavy atom. The fourth-order valence-corrected chi connectivity index (χ4v) is 0.985. The summed E-state index contributed by atoms with van der Waals surface area (Å²) in [5, 5.41) is 8.79. The Bertz CT molecular complexity index is 364. The molecule has 0 aliphatic heterocycles. The molecule has 1 rings (SSSR count). The minimum absolute atomic E-state index is 0.311. The molecule has 0 bridgehead atoms. The Balaban J connectivity index is 3.17. The van der Waals surface area contributed by atoms with Crippen molar-refractivity contribution in [2.45, 2.75) is 13.8 Å². The second kappa shape index (κ2) is 3.73. The summed E-state index contributed by atoms with van der Waals surface area (Å²) in [7, 11) is 0. The van der Waals surface area contributed by atoms with Gasteiger partial charge in [0.05, 0.1) is 13.0 Å². The van der Waals surface area contributed by atoms with E-state index in [4.69, 9.17) is 6.63 Å². The third-order valence-corrected chi connectivity index (χ3v) is 1.70. The van der Waals surface area contributed by atoms with E-state index in [1.165, 1.54) is 0 Å². The molecule has 0 saturated heterocycles. The number of rotatable bonds is 1. The average Bonchev–Trinajstić information content (AvgIpc) is 2.09. The Kier molecular flexibility index (Phi) is 2.21. The van der Waals surface area contributed by atoms with Crippen molar-refractivity contribution in [1.29, 1.82) is 5.26 Å². The van der Waals surface area contributed by atoms with Crippen molar-refractivity contribution < 1.29 is 1.37 Å². The first kappa shape index (κ1) is 7.12. The predicted octanol–water partition coefficient (Wildman–Crippen LogP) is 2.92. The van der Waals surface area contributed by atoms with Crippen molar-refractivity contribution in [3.63, 3.8) is 0 Å². The zero-order chi connectivity index (χ0) is 9.84. The molecule has 0 aliphatic carbocycles. The third kappa shape index (κ3) is 1.73. The van der Waals surface area contributed by atoms with Gasteiger partial charge in [0.25, 0.3) is 0 Å². The third-order valence-electron chi connectivity index (χ3n) is 1.70. The van der Waals surface area contributed by atoms with E-state index < -0.39 is 0 Å². The zero-order valence-corrected chi connectivity index (χ0v) is 7.26. The van der Waals surface area contributed by atoms with Crippen LogP contribution in [-0.2, 0) is 0 Å². The fourth-order valence-electron chi connectivity index (χ4n) is 0.985. The van der Waals surface area contributed by atoms with Gasteiger partial charge in [0, 0.05) is 0 Å². The minimum Gasteiger partial charge on any atom is -0.192 e. The maximum Gasteiger partial charge on any atom is 0.0994 e. The number of nitriles is 1. The average molecular weight is 158 g/mol. The summed E-state index contributed by atoms with van der Waals surface area (Å²) in [5.74, 6) is 0. The molecule has 0 unspecified atom stereocenters. The molecular weight excluding hydrogens is 146 g/mol. The summed E-state index contributed by atoms with van der Waals surface area (Å²) in [6.45, 7) is 3.62. The van der Waals surface area contributed by atoms with Crippen LogP contribution in [0.25, 0.3) is 5.57 Å². The second-order valence-corrected chi connectivity index (χ2v) is 2.60. The minimum atomic E-state index is 0.311. The van der Waals surface area contributed by atoms with E-state index in [9.17, 15) is 0 Å². The highest BCUT2D eigenvalue weighted by Gasteiger charge is 1.96. The lowest BCUT2D eigenvalue weighted by atomic mass is 10.1. The largest absolute Gasteiger partial charge is 0.192 e. The van der Waals surface area contributed by atoms with Crippen molar-refractivity contribution >= 4 is 5.57 Å². The predicted molar refractivity (Wildman–Crippen MR) is 50.4 cm³/mol. The summed E-state index contributed by atoms with van der Waals surface area (Å²) in [6.07, 6.45) is 0. The van der Waals surface area contributed by atoms with E-state index >= 15 is 0 Å². The molecule has 60 valence electrons. The smallest absolute Gasteiger partial charge is 0.0994 e. The molecule has 1 heteroatoms. The van der Waals surface area contributed by atoms with Crippen LogP contribution in [0.3, 0.4) is 0 Å². The van der Waals surface area contributed by atoms with Crippen LogP contribution in [0.5, 0.6) is 0 Å². The molecule has 0 amide bonds. The Labute approximate surface area is 74.4 Å². The molecule has 0 aliphatic rings. The summed E-state index contributed by atoms with van der Waals surface area (Å²) in [5.41, 5.74) is 2.42. The van der Waals surface area contributed by atoms with Crippen molar-refractivity contribution in [2.24, 2.45) is 0 Å². The molecule has 0 spiro atoms. The molecule has 0 N–H and O–H groups in total. The lowest BCUT2D eigenvalue weighted by Crippen LogP contribution is -1.80. The molecule has 0 saturated carbocycles. The summed E-state index contributed by atoms with van der Waals surface area (Å²) in [6, 6.07) is 9.95. The molecule has 0 radical (unpaired) electrons. The first-order valence-electron chi connectivity index (χ1n) is 4.29. The molecule has 1 aromatic carbocycles. The molecule has 1 nitrogen and oxygen atoms in total. The normalized spacial score (nSPS) is 12.9. The van der Waals surface area contributed by atoms with Gasteiger partial charge in [-0.1, -0.05) is 35.9 Å². The lowest BCUT2D eigenvalue weighted by Gasteiger charge is -1.97. The van der Waals surface area contributed by atoms with Crippen LogP contribution in [0.2, 0.25) is 0 Å². The topological polar surface area (TPSA) is 23.8 Å². The molecular formula is C11H11N. The van der Waals surface area contributed by atoms with Gasteiger partial charge in [-0.15, -0.1) is 0 Å². The zero-order valence-electron chi connectivity index (χ0n) is 8.26. The van der Waals surface area contributed by atoms with E-state index in [-0.39, 0.29) is 0 Å². The highest BCUT2D eigenvalue weighted by molar-refractivity contribution is 5.76. The monoisotopic (exact) mass is 158 g/mol. The number of hydrogen-bond acceptors (Lipinski definition) is 1. The first-order valence-corrected chi connectivity index (χ1v) is 3.79. The van der Waals surface area contributed by atoms with Gasteiger partial charge < -0.3 is 0 Å². The Morgan fingerprint density at radius 3 is 2.50 bits per heavy atom. The van der Waals surface area contributed by atoms with E-state index in [0.29, 0.717) is 11.6 Å². The number of nitrogens with zero attached hydrogens (tertiary/aromatic N) is 1. The quantitative estimate of drug-likeness (QED) is 0.576. The number of benzene rings is 1. The standard InChI is InChI=1S/C11H11N/c1-3-10(8-12)11-6-4-9(2)5-7-11/h3-7H,1-2H3/b10-3+/i3D. The lowest BCUT2D eigenvalue weighted by molar-refractivity contribution is 1.44. The highest BCUT2D eigenvalue weighted by Crippen LogP contribution is 2.13. The van der Waals surface area contributed by atoms with Gasteiger partial charge in [0.15, 0.2) is 0 Å². The van der Waals surface area contributed by atoms with Gasteiger partial charge in [-0.3, -0.25) is 0 Å². The second-order valence-electron chi connectivity index (χ2n) is 2.60. The van der Waals surface area contributed by atoms with Crippen LogP contribution in [0, 0.1) is 18.3 Å². The SMILES string of the molecule is [2H]/C(C)=C(/C#N)c1ccc(C)cc1. The van der Waals surface area contributed by atoms with Crippen LogP contribution in [-0.4, -0.2) is 0 Å². The number of aryl methyl sites for hydroxylation is 1. The fraction of sp³-hybridized carbons (Fsp3) is 0.182.